The molecule has 0 spiro atoms. The summed E-state index contributed by atoms with van der Waals surface area (Å²) in [6.07, 6.45) is 3.22. The first kappa shape index (κ1) is 17.4. The number of morpholine rings is 1. The number of ether oxygens (including phenoxy) is 1. The van der Waals surface area contributed by atoms with Crippen molar-refractivity contribution in [3.63, 3.8) is 0 Å². The molecule has 0 radical (unpaired) electrons. The first-order chi connectivity index (χ1) is 13.1. The van der Waals surface area contributed by atoms with Crippen LogP contribution < -0.4 is 4.90 Å². The van der Waals surface area contributed by atoms with E-state index in [0.717, 1.165) is 42.0 Å². The van der Waals surface area contributed by atoms with Crippen molar-refractivity contribution in [2.75, 3.05) is 31.2 Å². The van der Waals surface area contributed by atoms with Gasteiger partial charge in [-0.15, -0.1) is 0 Å². The number of phenols is 1. The Balaban J connectivity index is 1.78. The Bertz CT molecular complexity index is 949. The molecule has 0 aliphatic carbocycles. The summed E-state index contributed by atoms with van der Waals surface area (Å²) >= 11 is 0. The third-order valence-corrected chi connectivity index (χ3v) is 4.68. The Morgan fingerprint density at radius 3 is 2.41 bits per heavy atom. The fraction of sp³-hybridized carbons (Fsp3) is 0.190. The maximum atomic E-state index is 13.8. The number of rotatable bonds is 3. The molecule has 1 aliphatic rings. The monoisotopic (exact) mass is 368 g/mol. The summed E-state index contributed by atoms with van der Waals surface area (Å²) in [5.74, 6) is -2.97. The third-order valence-electron chi connectivity index (χ3n) is 4.68. The van der Waals surface area contributed by atoms with Crippen LogP contribution in [0.2, 0.25) is 0 Å². The number of aromatic nitrogens is 1. The van der Waals surface area contributed by atoms with Crippen LogP contribution in [-0.4, -0.2) is 36.4 Å². The van der Waals surface area contributed by atoms with Gasteiger partial charge in [-0.3, -0.25) is 4.98 Å². The second-order valence-corrected chi connectivity index (χ2v) is 6.36. The van der Waals surface area contributed by atoms with Gasteiger partial charge in [0.25, 0.3) is 0 Å². The van der Waals surface area contributed by atoms with Crippen molar-refractivity contribution in [3.8, 4) is 28.0 Å². The molecule has 0 saturated carbocycles. The highest BCUT2D eigenvalue weighted by Gasteiger charge is 2.16. The van der Waals surface area contributed by atoms with Crippen LogP contribution in [0.4, 0.5) is 14.5 Å². The summed E-state index contributed by atoms with van der Waals surface area (Å²) in [6.45, 7) is 3.02. The van der Waals surface area contributed by atoms with Gasteiger partial charge in [-0.25, -0.2) is 8.78 Å². The summed E-state index contributed by atoms with van der Waals surface area (Å²) < 4.78 is 33.1. The SMILES string of the molecule is Oc1c(F)cc(-c2cnccc2-c2cccc(N3CCOCC3)c2)cc1F. The molecule has 27 heavy (non-hydrogen) atoms. The number of benzene rings is 2. The van der Waals surface area contributed by atoms with E-state index >= 15 is 0 Å². The van der Waals surface area contributed by atoms with Crippen molar-refractivity contribution in [2.24, 2.45) is 0 Å². The normalized spacial score (nSPS) is 14.4. The van der Waals surface area contributed by atoms with Crippen LogP contribution in [0.1, 0.15) is 0 Å². The van der Waals surface area contributed by atoms with Gasteiger partial charge in [-0.05, 0) is 47.0 Å². The lowest BCUT2D eigenvalue weighted by atomic mass is 9.96. The van der Waals surface area contributed by atoms with Crippen molar-refractivity contribution in [2.45, 2.75) is 0 Å². The Labute approximate surface area is 155 Å². The van der Waals surface area contributed by atoms with E-state index < -0.39 is 17.4 Å². The van der Waals surface area contributed by atoms with Crippen LogP contribution in [0, 0.1) is 11.6 Å². The predicted octanol–water partition coefficient (Wildman–Crippen LogP) is 4.24. The Morgan fingerprint density at radius 2 is 1.67 bits per heavy atom. The molecule has 1 saturated heterocycles. The molecule has 0 atom stereocenters. The number of phenolic OH excluding ortho intramolecular Hbond substituents is 1. The lowest BCUT2D eigenvalue weighted by Crippen LogP contribution is -2.36. The summed E-state index contributed by atoms with van der Waals surface area (Å²) in [5.41, 5.74) is 3.72. The van der Waals surface area contributed by atoms with E-state index in [1.807, 2.05) is 24.3 Å². The van der Waals surface area contributed by atoms with E-state index in [1.54, 1.807) is 12.4 Å². The summed E-state index contributed by atoms with van der Waals surface area (Å²) in [6, 6.07) is 12.1. The van der Waals surface area contributed by atoms with Crippen LogP contribution in [0.5, 0.6) is 5.75 Å². The molecule has 1 aliphatic heterocycles. The minimum Gasteiger partial charge on any atom is -0.503 e. The first-order valence-corrected chi connectivity index (χ1v) is 8.69. The molecular weight excluding hydrogens is 350 g/mol. The summed E-state index contributed by atoms with van der Waals surface area (Å²) in [4.78, 5) is 6.35. The van der Waals surface area contributed by atoms with E-state index in [1.165, 1.54) is 0 Å². The molecule has 3 aromatic rings. The second kappa shape index (κ2) is 7.32. The van der Waals surface area contributed by atoms with Crippen LogP contribution in [0.25, 0.3) is 22.3 Å². The van der Waals surface area contributed by atoms with Crippen molar-refractivity contribution in [1.82, 2.24) is 4.98 Å². The molecule has 0 unspecified atom stereocenters. The minimum absolute atomic E-state index is 0.322. The lowest BCUT2D eigenvalue weighted by Gasteiger charge is -2.29. The Morgan fingerprint density at radius 1 is 0.926 bits per heavy atom. The molecule has 1 aromatic heterocycles. The molecule has 1 N–H and O–H groups in total. The highest BCUT2D eigenvalue weighted by Crippen LogP contribution is 2.35. The maximum absolute atomic E-state index is 13.8. The molecule has 0 bridgehead atoms. The van der Waals surface area contributed by atoms with E-state index in [4.69, 9.17) is 4.74 Å². The first-order valence-electron chi connectivity index (χ1n) is 8.69. The van der Waals surface area contributed by atoms with Crippen molar-refractivity contribution >= 4 is 5.69 Å². The van der Waals surface area contributed by atoms with Gasteiger partial charge in [-0.2, -0.15) is 0 Å². The van der Waals surface area contributed by atoms with Gasteiger partial charge < -0.3 is 14.7 Å². The average Bonchev–Trinajstić information content (AvgIpc) is 2.72. The summed E-state index contributed by atoms with van der Waals surface area (Å²) in [5, 5.41) is 9.36. The third kappa shape index (κ3) is 3.48. The van der Waals surface area contributed by atoms with Crippen molar-refractivity contribution in [3.05, 3.63) is 66.5 Å². The van der Waals surface area contributed by atoms with Gasteiger partial charge in [-0.1, -0.05) is 12.1 Å². The standard InChI is InChI=1S/C21H18F2N2O2/c22-19-11-15(12-20(23)21(19)26)18-13-24-5-4-17(18)14-2-1-3-16(10-14)25-6-8-27-9-7-25/h1-5,10-13,26H,6-9H2. The van der Waals surface area contributed by atoms with E-state index in [0.29, 0.717) is 24.3 Å². The molecule has 138 valence electrons. The Kier molecular flexibility index (Phi) is 4.73. The minimum atomic E-state index is -0.998. The van der Waals surface area contributed by atoms with Crippen LogP contribution in [-0.2, 0) is 4.74 Å². The highest BCUT2D eigenvalue weighted by molar-refractivity contribution is 5.84. The largest absolute Gasteiger partial charge is 0.503 e. The quantitative estimate of drug-likeness (QED) is 0.751. The molecule has 1 fully saturated rings. The van der Waals surface area contributed by atoms with Gasteiger partial charge in [0.05, 0.1) is 13.2 Å². The fourth-order valence-electron chi connectivity index (χ4n) is 3.29. The van der Waals surface area contributed by atoms with Crippen LogP contribution in [0.3, 0.4) is 0 Å². The molecule has 0 amide bonds. The van der Waals surface area contributed by atoms with E-state index in [2.05, 4.69) is 16.0 Å². The number of aromatic hydroxyl groups is 1. The zero-order valence-corrected chi connectivity index (χ0v) is 14.5. The number of hydrogen-bond acceptors (Lipinski definition) is 4. The van der Waals surface area contributed by atoms with Gasteiger partial charge in [0.15, 0.2) is 17.4 Å². The number of hydrogen-bond donors (Lipinski definition) is 1. The fourth-order valence-corrected chi connectivity index (χ4v) is 3.29. The second-order valence-electron chi connectivity index (χ2n) is 6.36. The zero-order valence-electron chi connectivity index (χ0n) is 14.5. The molecule has 2 aromatic carbocycles. The summed E-state index contributed by atoms with van der Waals surface area (Å²) in [7, 11) is 0. The van der Waals surface area contributed by atoms with Gasteiger partial charge in [0.2, 0.25) is 0 Å². The van der Waals surface area contributed by atoms with Crippen LogP contribution in [0.15, 0.2) is 54.9 Å². The smallest absolute Gasteiger partial charge is 0.187 e. The van der Waals surface area contributed by atoms with Gasteiger partial charge in [0, 0.05) is 36.7 Å². The highest BCUT2D eigenvalue weighted by atomic mass is 19.1. The average molecular weight is 368 g/mol. The van der Waals surface area contributed by atoms with Gasteiger partial charge in [0.1, 0.15) is 0 Å². The number of anilines is 1. The molecular formula is C21H18F2N2O2. The van der Waals surface area contributed by atoms with Gasteiger partial charge >= 0.3 is 0 Å². The molecule has 2 heterocycles. The molecule has 4 rings (SSSR count). The molecule has 6 heteroatoms. The number of pyridine rings is 1. The number of nitrogens with zero attached hydrogens (tertiary/aromatic N) is 2. The van der Waals surface area contributed by atoms with Crippen LogP contribution >= 0.6 is 0 Å². The predicted molar refractivity (Wildman–Crippen MR) is 99.7 cm³/mol. The van der Waals surface area contributed by atoms with E-state index in [9.17, 15) is 13.9 Å². The topological polar surface area (TPSA) is 45.6 Å². The zero-order chi connectivity index (χ0) is 18.8. The van der Waals surface area contributed by atoms with Crippen molar-refractivity contribution in [1.29, 1.82) is 0 Å². The Hall–Kier alpha value is -2.99. The lowest BCUT2D eigenvalue weighted by molar-refractivity contribution is 0.122. The van der Waals surface area contributed by atoms with E-state index in [-0.39, 0.29) is 0 Å². The van der Waals surface area contributed by atoms with Crippen molar-refractivity contribution < 1.29 is 18.6 Å². The maximum Gasteiger partial charge on any atom is 0.187 e. The molecule has 4 nitrogen and oxygen atoms in total. The number of halogens is 2.